The van der Waals surface area contributed by atoms with Crippen LogP contribution in [0.25, 0.3) is 0 Å². The molecule has 0 saturated carbocycles. The Balaban J connectivity index is 2.27. The molecule has 4 heteroatoms. The van der Waals surface area contributed by atoms with Crippen molar-refractivity contribution in [1.29, 1.82) is 0 Å². The lowest BCUT2D eigenvalue weighted by molar-refractivity contribution is -0.127. The van der Waals surface area contributed by atoms with E-state index in [1.807, 2.05) is 38.1 Å². The van der Waals surface area contributed by atoms with Gasteiger partial charge >= 0.3 is 0 Å². The first-order valence-corrected chi connectivity index (χ1v) is 6.12. The molecule has 1 heterocycles. The van der Waals surface area contributed by atoms with Gasteiger partial charge in [-0.1, -0.05) is 12.1 Å². The number of rotatable bonds is 2. The van der Waals surface area contributed by atoms with E-state index in [0.717, 1.165) is 11.4 Å². The van der Waals surface area contributed by atoms with Gasteiger partial charge in [-0.25, -0.2) is 0 Å². The largest absolute Gasteiger partial charge is 0.484 e. The van der Waals surface area contributed by atoms with Crippen molar-refractivity contribution in [2.45, 2.75) is 19.4 Å². The quantitative estimate of drug-likeness (QED) is 0.799. The van der Waals surface area contributed by atoms with Crippen LogP contribution in [0, 0.1) is 0 Å². The highest BCUT2D eigenvalue weighted by molar-refractivity contribution is 5.82. The van der Waals surface area contributed by atoms with Crippen molar-refractivity contribution in [2.24, 2.45) is 0 Å². The lowest BCUT2D eigenvalue weighted by atomic mass is 10.1. The summed E-state index contributed by atoms with van der Waals surface area (Å²) in [6, 6.07) is 7.86. The summed E-state index contributed by atoms with van der Waals surface area (Å²) in [6.45, 7) is 5.17. The minimum atomic E-state index is -0.277. The van der Waals surface area contributed by atoms with Gasteiger partial charge in [0, 0.05) is 14.1 Å². The Morgan fingerprint density at radius 3 is 2.72 bits per heavy atom. The lowest BCUT2D eigenvalue weighted by Crippen LogP contribution is -2.49. The van der Waals surface area contributed by atoms with Gasteiger partial charge in [0.1, 0.15) is 11.4 Å². The highest BCUT2D eigenvalue weighted by Crippen LogP contribution is 2.36. The summed E-state index contributed by atoms with van der Waals surface area (Å²) in [7, 11) is 3.56. The molecule has 0 aliphatic carbocycles. The number of carbonyl (C=O) groups is 1. The Labute approximate surface area is 108 Å². The fourth-order valence-corrected chi connectivity index (χ4v) is 2.13. The van der Waals surface area contributed by atoms with Gasteiger partial charge in [0.25, 0.3) is 0 Å². The predicted octanol–water partition coefficient (Wildman–Crippen LogP) is 1.75. The molecule has 0 saturated heterocycles. The van der Waals surface area contributed by atoms with E-state index in [-0.39, 0.29) is 11.5 Å². The van der Waals surface area contributed by atoms with Crippen LogP contribution in [0.3, 0.4) is 0 Å². The summed E-state index contributed by atoms with van der Waals surface area (Å²) in [4.78, 5) is 15.6. The normalized spacial score (nSPS) is 16.8. The molecule has 4 nitrogen and oxygen atoms in total. The fraction of sp³-hybridized carbons (Fsp3) is 0.500. The summed E-state index contributed by atoms with van der Waals surface area (Å²) >= 11 is 0. The van der Waals surface area contributed by atoms with Crippen LogP contribution in [-0.2, 0) is 4.79 Å². The molecular formula is C14H20N2O2. The molecule has 0 N–H and O–H groups in total. The maximum Gasteiger partial charge on any atom is 0.241 e. The van der Waals surface area contributed by atoms with Crippen LogP contribution in [-0.4, -0.2) is 43.6 Å². The first kappa shape index (κ1) is 12.7. The number of benzene rings is 1. The second-order valence-electron chi connectivity index (χ2n) is 5.47. The molecule has 0 spiro atoms. The van der Waals surface area contributed by atoms with Gasteiger partial charge in [0.05, 0.1) is 18.8 Å². The van der Waals surface area contributed by atoms with E-state index in [0.29, 0.717) is 13.1 Å². The molecule has 0 atom stereocenters. The molecular weight excluding hydrogens is 228 g/mol. The van der Waals surface area contributed by atoms with Crippen LogP contribution in [0.4, 0.5) is 5.69 Å². The number of nitrogens with zero attached hydrogens (tertiary/aromatic N) is 2. The van der Waals surface area contributed by atoms with Gasteiger partial charge in [-0.15, -0.1) is 0 Å². The summed E-state index contributed by atoms with van der Waals surface area (Å²) in [6.07, 6.45) is 0. The Morgan fingerprint density at radius 1 is 1.39 bits per heavy atom. The SMILES string of the molecule is CN(C)C(=O)CN1CC(C)(C)Oc2ccccc21. The predicted molar refractivity (Wildman–Crippen MR) is 72.1 cm³/mol. The van der Waals surface area contributed by atoms with Gasteiger partial charge < -0.3 is 14.5 Å². The van der Waals surface area contributed by atoms with Crippen molar-refractivity contribution >= 4 is 11.6 Å². The number of hydrogen-bond acceptors (Lipinski definition) is 3. The molecule has 1 aliphatic heterocycles. The molecule has 1 amide bonds. The lowest BCUT2D eigenvalue weighted by Gasteiger charge is -2.40. The Morgan fingerprint density at radius 2 is 2.06 bits per heavy atom. The van der Waals surface area contributed by atoms with Gasteiger partial charge in [-0.2, -0.15) is 0 Å². The van der Waals surface area contributed by atoms with Crippen molar-refractivity contribution in [2.75, 3.05) is 32.1 Å². The minimum absolute atomic E-state index is 0.0995. The van der Waals surface area contributed by atoms with Crippen molar-refractivity contribution in [3.63, 3.8) is 0 Å². The monoisotopic (exact) mass is 248 g/mol. The Kier molecular flexibility index (Phi) is 3.20. The van der Waals surface area contributed by atoms with Crippen LogP contribution in [0.15, 0.2) is 24.3 Å². The number of para-hydroxylation sites is 2. The Bertz CT molecular complexity index is 455. The standard InChI is InChI=1S/C14H20N2O2/c1-14(2)10-16(9-13(17)15(3)4)11-7-5-6-8-12(11)18-14/h5-8H,9-10H2,1-4H3. The summed E-state index contributed by atoms with van der Waals surface area (Å²) in [5, 5.41) is 0. The molecule has 0 fully saturated rings. The second-order valence-corrected chi connectivity index (χ2v) is 5.47. The molecule has 1 aromatic carbocycles. The summed E-state index contributed by atoms with van der Waals surface area (Å²) < 4.78 is 5.92. The van der Waals surface area contributed by atoms with Crippen LogP contribution < -0.4 is 9.64 Å². The van der Waals surface area contributed by atoms with Gasteiger partial charge in [-0.05, 0) is 26.0 Å². The Hall–Kier alpha value is -1.71. The maximum atomic E-state index is 11.9. The molecule has 0 aromatic heterocycles. The molecule has 0 bridgehead atoms. The number of hydrogen-bond donors (Lipinski definition) is 0. The van der Waals surface area contributed by atoms with Crippen LogP contribution in [0.5, 0.6) is 5.75 Å². The van der Waals surface area contributed by atoms with Crippen LogP contribution in [0.1, 0.15) is 13.8 Å². The van der Waals surface area contributed by atoms with Crippen molar-refractivity contribution in [3.05, 3.63) is 24.3 Å². The smallest absolute Gasteiger partial charge is 0.241 e. The zero-order valence-corrected chi connectivity index (χ0v) is 11.4. The number of carbonyl (C=O) groups excluding carboxylic acids is 1. The maximum absolute atomic E-state index is 11.9. The van der Waals surface area contributed by atoms with Gasteiger partial charge in [0.2, 0.25) is 5.91 Å². The van der Waals surface area contributed by atoms with Crippen molar-refractivity contribution < 1.29 is 9.53 Å². The molecule has 18 heavy (non-hydrogen) atoms. The van der Waals surface area contributed by atoms with Crippen LogP contribution in [0.2, 0.25) is 0 Å². The zero-order chi connectivity index (χ0) is 13.3. The molecule has 1 aliphatic rings. The third-order valence-electron chi connectivity index (χ3n) is 2.99. The molecule has 1 aromatic rings. The third-order valence-corrected chi connectivity index (χ3v) is 2.99. The first-order chi connectivity index (χ1) is 8.39. The van der Waals surface area contributed by atoms with Crippen LogP contribution >= 0.6 is 0 Å². The highest BCUT2D eigenvalue weighted by Gasteiger charge is 2.32. The summed E-state index contributed by atoms with van der Waals surface area (Å²) in [5.41, 5.74) is 0.716. The van der Waals surface area contributed by atoms with Gasteiger partial charge in [-0.3, -0.25) is 4.79 Å². The number of likely N-dealkylation sites (N-methyl/N-ethyl adjacent to an activating group) is 1. The van der Waals surface area contributed by atoms with E-state index >= 15 is 0 Å². The fourth-order valence-electron chi connectivity index (χ4n) is 2.13. The summed E-state index contributed by atoms with van der Waals surface area (Å²) in [5.74, 6) is 0.947. The van der Waals surface area contributed by atoms with E-state index < -0.39 is 0 Å². The highest BCUT2D eigenvalue weighted by atomic mass is 16.5. The topological polar surface area (TPSA) is 32.8 Å². The van der Waals surface area contributed by atoms with E-state index in [2.05, 4.69) is 4.90 Å². The zero-order valence-electron chi connectivity index (χ0n) is 11.4. The number of ether oxygens (including phenoxy) is 1. The number of anilines is 1. The van der Waals surface area contributed by atoms with E-state index in [1.165, 1.54) is 0 Å². The van der Waals surface area contributed by atoms with E-state index in [1.54, 1.807) is 19.0 Å². The molecule has 0 unspecified atom stereocenters. The van der Waals surface area contributed by atoms with Gasteiger partial charge in [0.15, 0.2) is 0 Å². The average Bonchev–Trinajstić information content (AvgIpc) is 2.27. The number of amides is 1. The van der Waals surface area contributed by atoms with E-state index in [9.17, 15) is 4.79 Å². The van der Waals surface area contributed by atoms with E-state index in [4.69, 9.17) is 4.74 Å². The molecule has 2 rings (SSSR count). The molecule has 0 radical (unpaired) electrons. The second kappa shape index (κ2) is 4.52. The average molecular weight is 248 g/mol. The minimum Gasteiger partial charge on any atom is -0.484 e. The third kappa shape index (κ3) is 2.58. The molecule has 98 valence electrons. The van der Waals surface area contributed by atoms with Crippen molar-refractivity contribution in [3.8, 4) is 5.75 Å². The number of fused-ring (bicyclic) bond motifs is 1. The van der Waals surface area contributed by atoms with Crippen molar-refractivity contribution in [1.82, 2.24) is 4.90 Å². The first-order valence-electron chi connectivity index (χ1n) is 6.12.